The monoisotopic (exact) mass is 373 g/mol. The van der Waals surface area contributed by atoms with Gasteiger partial charge in [-0.05, 0) is 61.1 Å². The summed E-state index contributed by atoms with van der Waals surface area (Å²) in [4.78, 5) is 18.8. The fourth-order valence-corrected chi connectivity index (χ4v) is 3.94. The highest BCUT2D eigenvalue weighted by atomic mass is 16.2. The lowest BCUT2D eigenvalue weighted by atomic mass is 10.0. The van der Waals surface area contributed by atoms with E-state index >= 15 is 0 Å². The summed E-state index contributed by atoms with van der Waals surface area (Å²) in [6, 6.07) is 14.8. The van der Waals surface area contributed by atoms with Gasteiger partial charge in [0.15, 0.2) is 0 Å². The van der Waals surface area contributed by atoms with E-state index in [-0.39, 0.29) is 5.91 Å². The van der Waals surface area contributed by atoms with Gasteiger partial charge >= 0.3 is 0 Å². The predicted molar refractivity (Wildman–Crippen MR) is 114 cm³/mol. The fraction of sp³-hybridized carbons (Fsp3) is 0.333. The van der Waals surface area contributed by atoms with Crippen LogP contribution in [0, 0.1) is 20.8 Å². The molecule has 0 bridgehead atoms. The standard InChI is InChI=1S/C24H27N3O/c1-16-10-11-21-17(2)13-22(26-24(21)18(16)3)25-14-19-7-4-5-8-20(19)15-27-12-6-9-23(27)28/h4-5,7-8,10-11,13H,6,9,12,14-15H2,1-3H3,(H,25,26). The number of nitrogens with one attached hydrogen (secondary N) is 1. The molecule has 144 valence electrons. The number of amides is 1. The van der Waals surface area contributed by atoms with Gasteiger partial charge in [-0.25, -0.2) is 4.98 Å². The van der Waals surface area contributed by atoms with E-state index in [1.165, 1.54) is 33.2 Å². The summed E-state index contributed by atoms with van der Waals surface area (Å²) in [7, 11) is 0. The van der Waals surface area contributed by atoms with Gasteiger partial charge in [0.25, 0.3) is 0 Å². The molecule has 1 saturated heterocycles. The first-order valence-corrected chi connectivity index (χ1v) is 9.99. The molecule has 2 heterocycles. The highest BCUT2D eigenvalue weighted by molar-refractivity contribution is 5.87. The van der Waals surface area contributed by atoms with Crippen molar-refractivity contribution in [2.45, 2.75) is 46.7 Å². The number of hydrogen-bond donors (Lipinski definition) is 1. The van der Waals surface area contributed by atoms with Gasteiger partial charge in [-0.1, -0.05) is 36.4 Å². The fourth-order valence-electron chi connectivity index (χ4n) is 3.94. The van der Waals surface area contributed by atoms with Gasteiger partial charge in [0, 0.05) is 31.4 Å². The lowest BCUT2D eigenvalue weighted by Gasteiger charge is -2.19. The van der Waals surface area contributed by atoms with Gasteiger partial charge in [-0.2, -0.15) is 0 Å². The Morgan fingerprint density at radius 2 is 1.82 bits per heavy atom. The minimum Gasteiger partial charge on any atom is -0.366 e. The summed E-state index contributed by atoms with van der Waals surface area (Å²) in [5, 5.41) is 4.71. The lowest BCUT2D eigenvalue weighted by molar-refractivity contribution is -0.128. The van der Waals surface area contributed by atoms with Crippen LogP contribution in [0.15, 0.2) is 42.5 Å². The summed E-state index contributed by atoms with van der Waals surface area (Å²) in [6.45, 7) is 8.65. The molecule has 1 N–H and O–H groups in total. The number of rotatable bonds is 5. The van der Waals surface area contributed by atoms with Crippen LogP contribution in [0.2, 0.25) is 0 Å². The number of likely N-dealkylation sites (tertiary alicyclic amines) is 1. The number of anilines is 1. The van der Waals surface area contributed by atoms with Crippen molar-refractivity contribution in [2.75, 3.05) is 11.9 Å². The zero-order valence-electron chi connectivity index (χ0n) is 16.9. The molecule has 28 heavy (non-hydrogen) atoms. The number of aryl methyl sites for hydroxylation is 3. The Hall–Kier alpha value is -2.88. The quantitative estimate of drug-likeness (QED) is 0.692. The molecule has 4 heteroatoms. The Bertz CT molecular complexity index is 1040. The van der Waals surface area contributed by atoms with Crippen LogP contribution in [0.25, 0.3) is 10.9 Å². The van der Waals surface area contributed by atoms with Gasteiger partial charge in [-0.3, -0.25) is 4.79 Å². The van der Waals surface area contributed by atoms with Crippen molar-refractivity contribution < 1.29 is 4.79 Å². The number of carbonyl (C=O) groups excluding carboxylic acids is 1. The summed E-state index contributed by atoms with van der Waals surface area (Å²) < 4.78 is 0. The second-order valence-electron chi connectivity index (χ2n) is 7.77. The Balaban J connectivity index is 1.56. The summed E-state index contributed by atoms with van der Waals surface area (Å²) >= 11 is 0. The van der Waals surface area contributed by atoms with Crippen molar-refractivity contribution >= 4 is 22.6 Å². The highest BCUT2D eigenvalue weighted by Gasteiger charge is 2.20. The van der Waals surface area contributed by atoms with Crippen molar-refractivity contribution in [3.05, 3.63) is 70.3 Å². The molecule has 0 spiro atoms. The summed E-state index contributed by atoms with van der Waals surface area (Å²) in [6.07, 6.45) is 1.65. The molecule has 0 aliphatic carbocycles. The van der Waals surface area contributed by atoms with Gasteiger partial charge in [0.05, 0.1) is 5.52 Å². The largest absolute Gasteiger partial charge is 0.366 e. The van der Waals surface area contributed by atoms with E-state index < -0.39 is 0 Å². The van der Waals surface area contributed by atoms with Crippen molar-refractivity contribution in [1.82, 2.24) is 9.88 Å². The summed E-state index contributed by atoms with van der Waals surface area (Å²) in [5.41, 5.74) is 7.21. The highest BCUT2D eigenvalue weighted by Crippen LogP contribution is 2.25. The number of aromatic nitrogens is 1. The first kappa shape index (κ1) is 18.5. The third kappa shape index (κ3) is 3.59. The van der Waals surface area contributed by atoms with Crippen molar-refractivity contribution in [2.24, 2.45) is 0 Å². The van der Waals surface area contributed by atoms with Gasteiger partial charge in [0.1, 0.15) is 5.82 Å². The second-order valence-corrected chi connectivity index (χ2v) is 7.77. The molecule has 0 radical (unpaired) electrons. The molecule has 4 rings (SSSR count). The minimum atomic E-state index is 0.264. The SMILES string of the molecule is Cc1ccc2c(C)cc(NCc3ccccc3CN3CCCC3=O)nc2c1C. The van der Waals surface area contributed by atoms with Crippen molar-refractivity contribution in [3.63, 3.8) is 0 Å². The molecule has 1 amide bonds. The lowest BCUT2D eigenvalue weighted by Crippen LogP contribution is -2.24. The molecule has 1 aliphatic heterocycles. The summed E-state index contributed by atoms with van der Waals surface area (Å²) in [5.74, 6) is 1.16. The van der Waals surface area contributed by atoms with Crippen LogP contribution in [-0.4, -0.2) is 22.3 Å². The molecule has 0 saturated carbocycles. The number of pyridine rings is 1. The number of carbonyl (C=O) groups is 1. The van der Waals surface area contributed by atoms with Gasteiger partial charge < -0.3 is 10.2 Å². The zero-order chi connectivity index (χ0) is 19.7. The van der Waals surface area contributed by atoms with Crippen LogP contribution in [0.5, 0.6) is 0 Å². The normalized spacial score (nSPS) is 14.1. The van der Waals surface area contributed by atoms with Gasteiger partial charge in [-0.15, -0.1) is 0 Å². The molecule has 1 fully saturated rings. The Morgan fingerprint density at radius 1 is 1.04 bits per heavy atom. The van der Waals surface area contributed by atoms with E-state index in [0.29, 0.717) is 19.5 Å². The Labute approximate surface area is 166 Å². The number of fused-ring (bicyclic) bond motifs is 1. The zero-order valence-corrected chi connectivity index (χ0v) is 16.9. The van der Waals surface area contributed by atoms with Crippen molar-refractivity contribution in [3.8, 4) is 0 Å². The molecule has 2 aromatic carbocycles. The van der Waals surface area contributed by atoms with E-state index in [0.717, 1.165) is 24.3 Å². The van der Waals surface area contributed by atoms with Crippen LogP contribution in [0.1, 0.15) is 40.7 Å². The van der Waals surface area contributed by atoms with Crippen molar-refractivity contribution in [1.29, 1.82) is 0 Å². The first-order chi connectivity index (χ1) is 13.5. The molecule has 1 aliphatic rings. The third-order valence-corrected chi connectivity index (χ3v) is 5.82. The molecule has 4 nitrogen and oxygen atoms in total. The maximum absolute atomic E-state index is 12.0. The van der Waals surface area contributed by atoms with E-state index in [9.17, 15) is 4.79 Å². The molecular formula is C24H27N3O. The first-order valence-electron chi connectivity index (χ1n) is 9.99. The molecular weight excluding hydrogens is 346 g/mol. The average molecular weight is 374 g/mol. The molecule has 3 aromatic rings. The Morgan fingerprint density at radius 3 is 2.57 bits per heavy atom. The maximum Gasteiger partial charge on any atom is 0.222 e. The van der Waals surface area contributed by atoms with Crippen LogP contribution in [0.3, 0.4) is 0 Å². The number of hydrogen-bond acceptors (Lipinski definition) is 3. The van der Waals surface area contributed by atoms with Crippen LogP contribution < -0.4 is 5.32 Å². The van der Waals surface area contributed by atoms with E-state index in [1.54, 1.807) is 0 Å². The second kappa shape index (κ2) is 7.63. The Kier molecular flexibility index (Phi) is 5.03. The molecule has 0 atom stereocenters. The van der Waals surface area contributed by atoms with Crippen LogP contribution in [-0.2, 0) is 17.9 Å². The van der Waals surface area contributed by atoms with E-state index in [4.69, 9.17) is 4.98 Å². The average Bonchev–Trinajstić information content (AvgIpc) is 3.09. The smallest absolute Gasteiger partial charge is 0.222 e. The van der Waals surface area contributed by atoms with Crippen LogP contribution >= 0.6 is 0 Å². The third-order valence-electron chi connectivity index (χ3n) is 5.82. The molecule has 0 unspecified atom stereocenters. The molecule has 1 aromatic heterocycles. The van der Waals surface area contributed by atoms with E-state index in [1.807, 2.05) is 11.0 Å². The predicted octanol–water partition coefficient (Wildman–Crippen LogP) is 4.89. The number of benzene rings is 2. The van der Waals surface area contributed by atoms with Crippen LogP contribution in [0.4, 0.5) is 5.82 Å². The van der Waals surface area contributed by atoms with E-state index in [2.05, 4.69) is 62.5 Å². The number of nitrogens with zero attached hydrogens (tertiary/aromatic N) is 2. The maximum atomic E-state index is 12.0. The van der Waals surface area contributed by atoms with Gasteiger partial charge in [0.2, 0.25) is 5.91 Å². The minimum absolute atomic E-state index is 0.264. The topological polar surface area (TPSA) is 45.2 Å².